The molecule has 0 spiro atoms. The highest BCUT2D eigenvalue weighted by molar-refractivity contribution is 7.99. The number of hydrogen-bond donors (Lipinski definition) is 2. The summed E-state index contributed by atoms with van der Waals surface area (Å²) in [7, 11) is 0. The van der Waals surface area contributed by atoms with Gasteiger partial charge in [-0.25, -0.2) is 0 Å². The van der Waals surface area contributed by atoms with E-state index in [1.165, 1.54) is 0 Å². The Labute approximate surface area is 123 Å². The number of amides is 1. The van der Waals surface area contributed by atoms with E-state index < -0.39 is 0 Å². The lowest BCUT2D eigenvalue weighted by atomic mass is 10.1. The Kier molecular flexibility index (Phi) is 6.01. The molecule has 1 amide bonds. The molecule has 0 bridgehead atoms. The third-order valence-corrected chi connectivity index (χ3v) is 4.34. The first-order valence-corrected chi connectivity index (χ1v) is 7.99. The van der Waals surface area contributed by atoms with Crippen LogP contribution in [-0.2, 0) is 4.79 Å². The van der Waals surface area contributed by atoms with E-state index in [4.69, 9.17) is 11.6 Å². The fourth-order valence-electron chi connectivity index (χ4n) is 2.07. The average molecular weight is 299 g/mol. The summed E-state index contributed by atoms with van der Waals surface area (Å²) in [4.78, 5) is 12.9. The largest absolute Gasteiger partial charge is 0.352 e. The summed E-state index contributed by atoms with van der Waals surface area (Å²) < 4.78 is 0. The Bertz CT molecular complexity index is 404. The van der Waals surface area contributed by atoms with Crippen molar-refractivity contribution in [3.05, 3.63) is 29.3 Å². The summed E-state index contributed by atoms with van der Waals surface area (Å²) in [5.74, 6) is 0.948. The molecule has 0 unspecified atom stereocenters. The number of nitrogens with one attached hydrogen (secondary N) is 2. The van der Waals surface area contributed by atoms with Gasteiger partial charge in [-0.3, -0.25) is 4.79 Å². The lowest BCUT2D eigenvalue weighted by Crippen LogP contribution is -2.45. The number of halogens is 1. The van der Waals surface area contributed by atoms with E-state index >= 15 is 0 Å². The van der Waals surface area contributed by atoms with Gasteiger partial charge in [-0.05, 0) is 43.7 Å². The van der Waals surface area contributed by atoms with E-state index in [0.29, 0.717) is 12.5 Å². The van der Waals surface area contributed by atoms with Gasteiger partial charge in [-0.1, -0.05) is 11.6 Å². The number of piperidine rings is 1. The molecule has 104 valence electrons. The van der Waals surface area contributed by atoms with Gasteiger partial charge < -0.3 is 10.6 Å². The molecule has 1 aromatic rings. The van der Waals surface area contributed by atoms with Crippen LogP contribution in [0.3, 0.4) is 0 Å². The van der Waals surface area contributed by atoms with E-state index in [0.717, 1.165) is 41.6 Å². The Morgan fingerprint density at radius 3 is 2.89 bits per heavy atom. The number of benzene rings is 1. The van der Waals surface area contributed by atoms with E-state index in [1.807, 2.05) is 24.3 Å². The zero-order valence-electron chi connectivity index (χ0n) is 10.8. The van der Waals surface area contributed by atoms with Crippen molar-refractivity contribution in [3.8, 4) is 0 Å². The summed E-state index contributed by atoms with van der Waals surface area (Å²) >= 11 is 7.51. The van der Waals surface area contributed by atoms with Crippen LogP contribution in [0, 0.1) is 0 Å². The third-order valence-electron chi connectivity index (χ3n) is 3.07. The molecule has 5 heteroatoms. The lowest BCUT2D eigenvalue weighted by Gasteiger charge is -2.23. The van der Waals surface area contributed by atoms with E-state index in [-0.39, 0.29) is 5.91 Å². The van der Waals surface area contributed by atoms with Gasteiger partial charge in [-0.15, -0.1) is 11.8 Å². The van der Waals surface area contributed by atoms with Crippen molar-refractivity contribution in [3.63, 3.8) is 0 Å². The summed E-state index contributed by atoms with van der Waals surface area (Å²) in [5.41, 5.74) is 0. The number of rotatable bonds is 5. The van der Waals surface area contributed by atoms with Crippen LogP contribution in [-0.4, -0.2) is 30.8 Å². The smallest absolute Gasteiger partial charge is 0.221 e. The molecule has 1 aromatic carbocycles. The first kappa shape index (κ1) is 14.7. The summed E-state index contributed by atoms with van der Waals surface area (Å²) in [6, 6.07) is 8.02. The van der Waals surface area contributed by atoms with Gasteiger partial charge in [0.05, 0.1) is 0 Å². The van der Waals surface area contributed by atoms with Gasteiger partial charge in [0.1, 0.15) is 0 Å². The maximum Gasteiger partial charge on any atom is 0.221 e. The van der Waals surface area contributed by atoms with E-state index in [9.17, 15) is 4.79 Å². The fraction of sp³-hybridized carbons (Fsp3) is 0.500. The molecule has 0 saturated carbocycles. The highest BCUT2D eigenvalue weighted by Gasteiger charge is 2.14. The number of hydrogen-bond acceptors (Lipinski definition) is 3. The topological polar surface area (TPSA) is 41.1 Å². The maximum absolute atomic E-state index is 11.8. The second-order valence-electron chi connectivity index (χ2n) is 4.66. The summed E-state index contributed by atoms with van der Waals surface area (Å²) in [5, 5.41) is 7.12. The number of carbonyl (C=O) groups is 1. The fourth-order valence-corrected chi connectivity index (χ4v) is 3.04. The molecule has 0 aliphatic carbocycles. The first-order valence-electron chi connectivity index (χ1n) is 6.62. The van der Waals surface area contributed by atoms with Crippen molar-refractivity contribution in [2.24, 2.45) is 0 Å². The van der Waals surface area contributed by atoms with Crippen LogP contribution in [0.2, 0.25) is 5.02 Å². The van der Waals surface area contributed by atoms with E-state index in [2.05, 4.69) is 10.6 Å². The maximum atomic E-state index is 11.8. The van der Waals surface area contributed by atoms with Crippen molar-refractivity contribution in [2.45, 2.75) is 30.2 Å². The molecule has 2 N–H and O–H groups in total. The predicted octanol–water partition coefficient (Wildman–Crippen LogP) is 2.69. The Morgan fingerprint density at radius 1 is 1.42 bits per heavy atom. The van der Waals surface area contributed by atoms with Crippen LogP contribution in [0.4, 0.5) is 0 Å². The van der Waals surface area contributed by atoms with Crippen molar-refractivity contribution in [1.82, 2.24) is 10.6 Å². The molecule has 1 heterocycles. The minimum absolute atomic E-state index is 0.148. The molecule has 2 rings (SSSR count). The molecular formula is C14H19ClN2OS. The molecule has 1 aliphatic heterocycles. The minimum atomic E-state index is 0.148. The molecule has 1 atom stereocenters. The first-order chi connectivity index (χ1) is 9.24. The van der Waals surface area contributed by atoms with E-state index in [1.54, 1.807) is 11.8 Å². The average Bonchev–Trinajstić information content (AvgIpc) is 2.42. The Morgan fingerprint density at radius 2 is 2.21 bits per heavy atom. The molecule has 1 fully saturated rings. The molecule has 0 aromatic heterocycles. The second-order valence-corrected chi connectivity index (χ2v) is 6.27. The van der Waals surface area contributed by atoms with Crippen LogP contribution in [0.25, 0.3) is 0 Å². The van der Waals surface area contributed by atoms with Crippen LogP contribution >= 0.6 is 23.4 Å². The second kappa shape index (κ2) is 7.78. The van der Waals surface area contributed by atoms with Gasteiger partial charge in [0, 0.05) is 34.7 Å². The number of carbonyl (C=O) groups excluding carboxylic acids is 1. The van der Waals surface area contributed by atoms with Gasteiger partial charge >= 0.3 is 0 Å². The quantitative estimate of drug-likeness (QED) is 0.821. The highest BCUT2D eigenvalue weighted by atomic mass is 35.5. The Balaban J connectivity index is 1.64. The monoisotopic (exact) mass is 298 g/mol. The van der Waals surface area contributed by atoms with Gasteiger partial charge in [0.15, 0.2) is 0 Å². The summed E-state index contributed by atoms with van der Waals surface area (Å²) in [6.07, 6.45) is 2.79. The number of thioether (sulfide) groups is 1. The van der Waals surface area contributed by atoms with Crippen LogP contribution in [0.5, 0.6) is 0 Å². The zero-order chi connectivity index (χ0) is 13.5. The summed E-state index contributed by atoms with van der Waals surface area (Å²) in [6.45, 7) is 1.97. The Hall–Kier alpha value is -0.710. The molecule has 1 aliphatic rings. The molecular weight excluding hydrogens is 280 g/mol. The lowest BCUT2D eigenvalue weighted by molar-refractivity contribution is -0.121. The van der Waals surface area contributed by atoms with Crippen LogP contribution < -0.4 is 10.6 Å². The highest BCUT2D eigenvalue weighted by Crippen LogP contribution is 2.20. The third kappa shape index (κ3) is 5.43. The SMILES string of the molecule is O=C(CCSc1ccc(Cl)cc1)N[C@H]1CCCNC1. The molecule has 0 radical (unpaired) electrons. The van der Waals surface area contributed by atoms with Crippen molar-refractivity contribution < 1.29 is 4.79 Å². The van der Waals surface area contributed by atoms with Crippen molar-refractivity contribution >= 4 is 29.3 Å². The van der Waals surface area contributed by atoms with Gasteiger partial charge in [-0.2, -0.15) is 0 Å². The van der Waals surface area contributed by atoms with Crippen molar-refractivity contribution in [2.75, 3.05) is 18.8 Å². The van der Waals surface area contributed by atoms with Crippen LogP contribution in [0.1, 0.15) is 19.3 Å². The normalized spacial score (nSPS) is 19.1. The molecule has 1 saturated heterocycles. The minimum Gasteiger partial charge on any atom is -0.352 e. The molecule has 3 nitrogen and oxygen atoms in total. The van der Waals surface area contributed by atoms with Crippen LogP contribution in [0.15, 0.2) is 29.2 Å². The molecule has 19 heavy (non-hydrogen) atoms. The van der Waals surface area contributed by atoms with Gasteiger partial charge in [0.25, 0.3) is 0 Å². The predicted molar refractivity (Wildman–Crippen MR) is 80.8 cm³/mol. The van der Waals surface area contributed by atoms with Gasteiger partial charge in [0.2, 0.25) is 5.91 Å². The van der Waals surface area contributed by atoms with Crippen molar-refractivity contribution in [1.29, 1.82) is 0 Å². The standard InChI is InChI=1S/C14H19ClN2OS/c15-11-3-5-13(6-4-11)19-9-7-14(18)17-12-2-1-8-16-10-12/h3-6,12,16H,1-2,7-10H2,(H,17,18)/t12-/m0/s1. The zero-order valence-corrected chi connectivity index (χ0v) is 12.4.